The van der Waals surface area contributed by atoms with E-state index in [0.29, 0.717) is 30.2 Å². The maximum absolute atomic E-state index is 11.6. The van der Waals surface area contributed by atoms with Crippen LogP contribution in [0.25, 0.3) is 0 Å². The number of thioether (sulfide) groups is 1. The highest BCUT2D eigenvalue weighted by atomic mass is 35.5. The Bertz CT molecular complexity index is 920. The number of benzene rings is 1. The van der Waals surface area contributed by atoms with Crippen molar-refractivity contribution in [3.8, 4) is 5.75 Å². The molecule has 0 aliphatic rings. The SMILES string of the molecule is CNCc1ccc(CSCCNC(=NCC(O)c2ccc(O)cc2)NS(C)(=O)=O)o1.Cl. The topological polar surface area (TPSA) is 136 Å². The van der Waals surface area contributed by atoms with Gasteiger partial charge in [0, 0.05) is 12.3 Å². The van der Waals surface area contributed by atoms with E-state index in [4.69, 9.17) is 4.42 Å². The van der Waals surface area contributed by atoms with Gasteiger partial charge in [-0.05, 0) is 36.9 Å². The molecule has 1 aromatic carbocycles. The Labute approximate surface area is 193 Å². The molecule has 31 heavy (non-hydrogen) atoms. The summed E-state index contributed by atoms with van der Waals surface area (Å²) in [4.78, 5) is 4.16. The largest absolute Gasteiger partial charge is 0.508 e. The van der Waals surface area contributed by atoms with E-state index in [0.717, 1.165) is 17.8 Å². The predicted molar refractivity (Wildman–Crippen MR) is 126 cm³/mol. The lowest BCUT2D eigenvalue weighted by Gasteiger charge is -2.13. The van der Waals surface area contributed by atoms with Gasteiger partial charge in [-0.15, -0.1) is 12.4 Å². The lowest BCUT2D eigenvalue weighted by Crippen LogP contribution is -2.41. The van der Waals surface area contributed by atoms with E-state index in [1.807, 2.05) is 19.2 Å². The lowest BCUT2D eigenvalue weighted by atomic mass is 10.1. The molecular weight excluding hydrogens is 464 g/mol. The summed E-state index contributed by atoms with van der Waals surface area (Å²) in [5.41, 5.74) is 0.571. The molecule has 1 atom stereocenters. The quantitative estimate of drug-likeness (QED) is 0.181. The van der Waals surface area contributed by atoms with Gasteiger partial charge in [0.05, 0.1) is 31.2 Å². The van der Waals surface area contributed by atoms with Crippen LogP contribution in [0.4, 0.5) is 0 Å². The number of furan rings is 1. The number of aliphatic hydroxyl groups excluding tert-OH is 1. The summed E-state index contributed by atoms with van der Waals surface area (Å²) in [6, 6.07) is 9.97. The molecule has 0 aliphatic carbocycles. The van der Waals surface area contributed by atoms with Crippen LogP contribution in [0.3, 0.4) is 0 Å². The molecule has 0 saturated carbocycles. The van der Waals surface area contributed by atoms with Crippen LogP contribution in [0.2, 0.25) is 0 Å². The predicted octanol–water partition coefficient (Wildman–Crippen LogP) is 1.59. The number of aliphatic imine (C=N–C) groups is 1. The van der Waals surface area contributed by atoms with E-state index in [2.05, 4.69) is 20.3 Å². The van der Waals surface area contributed by atoms with Crippen molar-refractivity contribution >= 4 is 40.2 Å². The number of hydrogen-bond donors (Lipinski definition) is 5. The van der Waals surface area contributed by atoms with Crippen LogP contribution in [-0.2, 0) is 22.3 Å². The molecule has 0 saturated heterocycles. The molecule has 0 fully saturated rings. The average Bonchev–Trinajstić information content (AvgIpc) is 3.12. The summed E-state index contributed by atoms with van der Waals surface area (Å²) >= 11 is 1.64. The first-order valence-electron chi connectivity index (χ1n) is 9.30. The molecule has 0 radical (unpaired) electrons. The fourth-order valence-corrected chi connectivity index (χ4v) is 3.70. The number of aliphatic hydroxyl groups is 1. The third-order valence-corrected chi connectivity index (χ3v) is 5.38. The van der Waals surface area contributed by atoms with Gasteiger partial charge < -0.3 is 25.3 Å². The molecule has 2 aromatic rings. The molecule has 2 rings (SSSR count). The van der Waals surface area contributed by atoms with Crippen LogP contribution >= 0.6 is 24.2 Å². The first-order valence-corrected chi connectivity index (χ1v) is 12.3. The minimum atomic E-state index is -3.52. The highest BCUT2D eigenvalue weighted by Gasteiger charge is 2.10. The van der Waals surface area contributed by atoms with E-state index in [1.54, 1.807) is 23.9 Å². The zero-order valence-electron chi connectivity index (χ0n) is 17.4. The molecule has 174 valence electrons. The van der Waals surface area contributed by atoms with Gasteiger partial charge >= 0.3 is 0 Å². The Hall–Kier alpha value is -1.92. The van der Waals surface area contributed by atoms with E-state index < -0.39 is 16.1 Å². The summed E-state index contributed by atoms with van der Waals surface area (Å²) in [5.74, 6) is 3.34. The normalized spacial score (nSPS) is 12.8. The van der Waals surface area contributed by atoms with Crippen molar-refractivity contribution < 1.29 is 23.0 Å². The minimum Gasteiger partial charge on any atom is -0.508 e. The molecule has 1 heterocycles. The molecule has 0 amide bonds. The van der Waals surface area contributed by atoms with Gasteiger partial charge in [-0.25, -0.2) is 13.4 Å². The number of phenols is 1. The number of sulfonamides is 1. The van der Waals surface area contributed by atoms with E-state index >= 15 is 0 Å². The van der Waals surface area contributed by atoms with Gasteiger partial charge in [-0.3, -0.25) is 4.72 Å². The number of nitrogens with zero attached hydrogens (tertiary/aromatic N) is 1. The van der Waals surface area contributed by atoms with Crippen LogP contribution in [0, 0.1) is 0 Å². The maximum Gasteiger partial charge on any atom is 0.232 e. The van der Waals surface area contributed by atoms with Crippen molar-refractivity contribution in [2.75, 3.05) is 32.1 Å². The van der Waals surface area contributed by atoms with Gasteiger partial charge in [-0.1, -0.05) is 12.1 Å². The molecular formula is C19H29ClN4O5S2. The molecule has 0 bridgehead atoms. The second-order valence-electron chi connectivity index (χ2n) is 6.55. The van der Waals surface area contributed by atoms with Crippen LogP contribution in [0.1, 0.15) is 23.2 Å². The number of guanidine groups is 1. The van der Waals surface area contributed by atoms with Crippen molar-refractivity contribution in [3.63, 3.8) is 0 Å². The smallest absolute Gasteiger partial charge is 0.232 e. The second kappa shape index (κ2) is 13.5. The van der Waals surface area contributed by atoms with Crippen molar-refractivity contribution in [2.24, 2.45) is 4.99 Å². The molecule has 0 spiro atoms. The lowest BCUT2D eigenvalue weighted by molar-refractivity contribution is 0.187. The van der Waals surface area contributed by atoms with Gasteiger partial charge in [0.2, 0.25) is 16.0 Å². The van der Waals surface area contributed by atoms with Crippen molar-refractivity contribution in [3.05, 3.63) is 53.5 Å². The van der Waals surface area contributed by atoms with E-state index in [-0.39, 0.29) is 30.7 Å². The van der Waals surface area contributed by atoms with E-state index in [9.17, 15) is 18.6 Å². The highest BCUT2D eigenvalue weighted by Crippen LogP contribution is 2.17. The molecule has 5 N–H and O–H groups in total. The number of rotatable bonds is 11. The maximum atomic E-state index is 11.6. The summed E-state index contributed by atoms with van der Waals surface area (Å²) in [6.45, 7) is 1.12. The number of nitrogens with one attached hydrogen (secondary N) is 3. The van der Waals surface area contributed by atoms with Crippen LogP contribution in [0.15, 0.2) is 45.8 Å². The zero-order chi connectivity index (χ0) is 22.0. The third-order valence-electron chi connectivity index (χ3n) is 3.83. The van der Waals surface area contributed by atoms with Gasteiger partial charge in [0.15, 0.2) is 0 Å². The fraction of sp³-hybridized carbons (Fsp3) is 0.421. The van der Waals surface area contributed by atoms with Crippen LogP contribution in [0.5, 0.6) is 5.75 Å². The number of hydrogen-bond acceptors (Lipinski definition) is 8. The average molecular weight is 493 g/mol. The van der Waals surface area contributed by atoms with E-state index in [1.165, 1.54) is 12.1 Å². The van der Waals surface area contributed by atoms with Gasteiger partial charge in [0.25, 0.3) is 0 Å². The van der Waals surface area contributed by atoms with Gasteiger partial charge in [0.1, 0.15) is 17.3 Å². The molecule has 1 aromatic heterocycles. The molecule has 9 nitrogen and oxygen atoms in total. The zero-order valence-corrected chi connectivity index (χ0v) is 19.8. The Morgan fingerprint density at radius 2 is 1.87 bits per heavy atom. The number of aromatic hydroxyl groups is 1. The number of phenolic OH excluding ortho intramolecular Hbond substituents is 1. The van der Waals surface area contributed by atoms with Gasteiger partial charge in [-0.2, -0.15) is 11.8 Å². The molecule has 12 heteroatoms. The van der Waals surface area contributed by atoms with Crippen molar-refractivity contribution in [2.45, 2.75) is 18.4 Å². The van der Waals surface area contributed by atoms with Crippen LogP contribution < -0.4 is 15.4 Å². The monoisotopic (exact) mass is 492 g/mol. The molecule has 0 aliphatic heterocycles. The molecule has 1 unspecified atom stereocenters. The summed E-state index contributed by atoms with van der Waals surface area (Å²) in [7, 11) is -1.66. The Balaban J connectivity index is 0.00000480. The summed E-state index contributed by atoms with van der Waals surface area (Å²) < 4.78 is 31.1. The third kappa shape index (κ3) is 10.8. The van der Waals surface area contributed by atoms with Crippen molar-refractivity contribution in [1.29, 1.82) is 0 Å². The minimum absolute atomic E-state index is 0. The second-order valence-corrected chi connectivity index (χ2v) is 9.40. The summed E-state index contributed by atoms with van der Waals surface area (Å²) in [5, 5.41) is 25.5. The summed E-state index contributed by atoms with van der Waals surface area (Å²) in [6.07, 6.45) is 0.110. The number of halogens is 1. The highest BCUT2D eigenvalue weighted by molar-refractivity contribution is 7.98. The first kappa shape index (κ1) is 27.1. The standard InChI is InChI=1S/C19H28N4O5S2.ClH/c1-20-11-16-7-8-17(28-16)13-29-10-9-21-19(23-30(2,26)27)22-12-18(25)14-3-5-15(24)6-4-14;/h3-8,18,20,24-25H,9-13H2,1-2H3,(H2,21,22,23);1H. The first-order chi connectivity index (χ1) is 14.3. The Kier molecular flexibility index (Phi) is 11.8. The Morgan fingerprint density at radius 1 is 1.19 bits per heavy atom. The fourth-order valence-electron chi connectivity index (χ4n) is 2.46. The Morgan fingerprint density at radius 3 is 2.52 bits per heavy atom. The van der Waals surface area contributed by atoms with Crippen LogP contribution in [-0.4, -0.2) is 56.7 Å². The van der Waals surface area contributed by atoms with Crippen molar-refractivity contribution in [1.82, 2.24) is 15.4 Å².